The number of benzene rings is 1. The van der Waals surface area contributed by atoms with Crippen LogP contribution >= 0.6 is 0 Å². The summed E-state index contributed by atoms with van der Waals surface area (Å²) in [4.78, 5) is 25.2. The van der Waals surface area contributed by atoms with E-state index in [1.54, 1.807) is 12.0 Å². The van der Waals surface area contributed by atoms with Crippen LogP contribution in [0.5, 0.6) is 0 Å². The highest BCUT2D eigenvalue weighted by Gasteiger charge is 2.13. The molecule has 0 unspecified atom stereocenters. The number of ether oxygens (including phenoxy) is 1. The first-order chi connectivity index (χ1) is 10.5. The van der Waals surface area contributed by atoms with E-state index in [2.05, 4.69) is 19.2 Å². The fourth-order valence-corrected chi connectivity index (χ4v) is 2.10. The molecule has 1 N–H and O–H groups in total. The molecule has 1 aromatic carbocycles. The summed E-state index contributed by atoms with van der Waals surface area (Å²) in [5.74, 6) is 0.301. The molecule has 0 aromatic heterocycles. The van der Waals surface area contributed by atoms with Gasteiger partial charge in [-0.1, -0.05) is 26.0 Å². The van der Waals surface area contributed by atoms with E-state index < -0.39 is 0 Å². The lowest BCUT2D eigenvalue weighted by Crippen LogP contribution is -2.34. The number of nitrogens with zero attached hydrogens (tertiary/aromatic N) is 1. The molecule has 5 heteroatoms. The Bertz CT molecular complexity index is 483. The molecule has 0 aliphatic rings. The van der Waals surface area contributed by atoms with Gasteiger partial charge in [0.1, 0.15) is 0 Å². The molecular weight excluding hydrogens is 280 g/mol. The van der Waals surface area contributed by atoms with Crippen LogP contribution in [-0.2, 0) is 14.3 Å². The normalized spacial score (nSPS) is 10.6. The van der Waals surface area contributed by atoms with Gasteiger partial charge in [-0.3, -0.25) is 9.59 Å². The van der Waals surface area contributed by atoms with Crippen molar-refractivity contribution in [1.29, 1.82) is 0 Å². The Kier molecular flexibility index (Phi) is 7.60. The van der Waals surface area contributed by atoms with Gasteiger partial charge in [0.15, 0.2) is 0 Å². The average molecular weight is 306 g/mol. The number of methoxy groups -OCH3 is 1. The van der Waals surface area contributed by atoms with Gasteiger partial charge in [0.2, 0.25) is 11.8 Å². The topological polar surface area (TPSA) is 58.6 Å². The second kappa shape index (κ2) is 9.20. The Balaban J connectivity index is 2.62. The third kappa shape index (κ3) is 5.85. The summed E-state index contributed by atoms with van der Waals surface area (Å²) in [6.45, 7) is 7.11. The summed E-state index contributed by atoms with van der Waals surface area (Å²) < 4.78 is 4.88. The van der Waals surface area contributed by atoms with E-state index in [1.165, 1.54) is 12.5 Å². The zero-order chi connectivity index (χ0) is 16.5. The van der Waals surface area contributed by atoms with Gasteiger partial charge in [-0.25, -0.2) is 0 Å². The van der Waals surface area contributed by atoms with Crippen molar-refractivity contribution in [3.8, 4) is 0 Å². The molecule has 0 heterocycles. The predicted octanol–water partition coefficient (Wildman–Crippen LogP) is 2.32. The van der Waals surface area contributed by atoms with Crippen molar-refractivity contribution in [1.82, 2.24) is 5.32 Å². The summed E-state index contributed by atoms with van der Waals surface area (Å²) in [5, 5.41) is 2.75. The van der Waals surface area contributed by atoms with E-state index >= 15 is 0 Å². The highest BCUT2D eigenvalue weighted by atomic mass is 16.5. The van der Waals surface area contributed by atoms with Crippen LogP contribution < -0.4 is 10.2 Å². The number of amides is 2. The molecule has 0 saturated heterocycles. The molecule has 1 rings (SSSR count). The van der Waals surface area contributed by atoms with Crippen LogP contribution in [0.3, 0.4) is 0 Å². The minimum Gasteiger partial charge on any atom is -0.383 e. The third-order valence-corrected chi connectivity index (χ3v) is 3.44. The first kappa shape index (κ1) is 18.2. The van der Waals surface area contributed by atoms with Gasteiger partial charge in [0, 0.05) is 39.2 Å². The lowest BCUT2D eigenvalue weighted by molar-refractivity contribution is -0.121. The maximum absolute atomic E-state index is 11.8. The summed E-state index contributed by atoms with van der Waals surface area (Å²) in [5.41, 5.74) is 2.05. The van der Waals surface area contributed by atoms with Crippen LogP contribution in [-0.4, -0.2) is 38.6 Å². The van der Waals surface area contributed by atoms with Crippen molar-refractivity contribution in [3.05, 3.63) is 29.8 Å². The van der Waals surface area contributed by atoms with Gasteiger partial charge in [0.05, 0.1) is 6.61 Å². The smallest absolute Gasteiger partial charge is 0.223 e. The molecule has 0 saturated carbocycles. The highest BCUT2D eigenvalue weighted by Crippen LogP contribution is 2.20. The van der Waals surface area contributed by atoms with Crippen LogP contribution in [0.25, 0.3) is 0 Å². The van der Waals surface area contributed by atoms with Crippen LogP contribution in [0.4, 0.5) is 5.69 Å². The molecule has 0 spiro atoms. The van der Waals surface area contributed by atoms with Gasteiger partial charge in [0.25, 0.3) is 0 Å². The van der Waals surface area contributed by atoms with Gasteiger partial charge in [-0.15, -0.1) is 0 Å². The number of carbonyl (C=O) groups excluding carboxylic acids is 2. The maximum Gasteiger partial charge on any atom is 0.223 e. The zero-order valence-electron chi connectivity index (χ0n) is 13.9. The maximum atomic E-state index is 11.8. The Hall–Kier alpha value is -1.88. The van der Waals surface area contributed by atoms with Crippen molar-refractivity contribution >= 4 is 17.5 Å². The molecule has 1 aromatic rings. The Morgan fingerprint density at radius 3 is 2.36 bits per heavy atom. The molecule has 0 aliphatic heterocycles. The van der Waals surface area contributed by atoms with Gasteiger partial charge in [-0.2, -0.15) is 0 Å². The summed E-state index contributed by atoms with van der Waals surface area (Å²) >= 11 is 0. The Morgan fingerprint density at radius 2 is 1.86 bits per heavy atom. The van der Waals surface area contributed by atoms with E-state index in [-0.39, 0.29) is 18.2 Å². The van der Waals surface area contributed by atoms with E-state index in [0.29, 0.717) is 25.6 Å². The molecule has 0 radical (unpaired) electrons. The predicted molar refractivity (Wildman–Crippen MR) is 88.1 cm³/mol. The Labute approximate surface area is 132 Å². The fourth-order valence-electron chi connectivity index (χ4n) is 2.10. The second-order valence-corrected chi connectivity index (χ2v) is 5.51. The monoisotopic (exact) mass is 306 g/mol. The van der Waals surface area contributed by atoms with Crippen molar-refractivity contribution < 1.29 is 14.3 Å². The molecule has 5 nitrogen and oxygen atoms in total. The summed E-state index contributed by atoms with van der Waals surface area (Å²) in [7, 11) is 1.59. The average Bonchev–Trinajstić information content (AvgIpc) is 2.48. The van der Waals surface area contributed by atoms with E-state index in [0.717, 1.165) is 5.69 Å². The number of hydrogen-bond donors (Lipinski definition) is 1. The van der Waals surface area contributed by atoms with Crippen LogP contribution in [0, 0.1) is 0 Å². The molecule has 122 valence electrons. The lowest BCUT2D eigenvalue weighted by Gasteiger charge is -2.21. The van der Waals surface area contributed by atoms with Crippen molar-refractivity contribution in [3.63, 3.8) is 0 Å². The standard InChI is InChI=1S/C17H26N2O3/c1-13(2)15-5-7-16(8-6-15)19(14(3)20)11-9-17(21)18-10-12-22-4/h5-8,13H,9-12H2,1-4H3,(H,18,21). The van der Waals surface area contributed by atoms with Crippen LogP contribution in [0.1, 0.15) is 38.7 Å². The highest BCUT2D eigenvalue weighted by molar-refractivity contribution is 5.92. The molecule has 0 bridgehead atoms. The number of hydrogen-bond acceptors (Lipinski definition) is 3. The molecule has 0 fully saturated rings. The lowest BCUT2D eigenvalue weighted by atomic mass is 10.0. The van der Waals surface area contributed by atoms with Crippen molar-refractivity contribution in [2.24, 2.45) is 0 Å². The molecular formula is C17H26N2O3. The SMILES string of the molecule is COCCNC(=O)CCN(C(C)=O)c1ccc(C(C)C)cc1. The molecule has 0 aliphatic carbocycles. The summed E-state index contributed by atoms with van der Waals surface area (Å²) in [6.07, 6.45) is 0.273. The minimum absolute atomic E-state index is 0.0676. The van der Waals surface area contributed by atoms with Crippen molar-refractivity contribution in [2.45, 2.75) is 33.1 Å². The number of rotatable bonds is 8. The third-order valence-electron chi connectivity index (χ3n) is 3.44. The molecule has 0 atom stereocenters. The van der Waals surface area contributed by atoms with Gasteiger partial charge in [-0.05, 0) is 23.6 Å². The Morgan fingerprint density at radius 1 is 1.23 bits per heavy atom. The van der Waals surface area contributed by atoms with Crippen molar-refractivity contribution in [2.75, 3.05) is 31.7 Å². The van der Waals surface area contributed by atoms with Gasteiger partial charge >= 0.3 is 0 Å². The van der Waals surface area contributed by atoms with Crippen LogP contribution in [0.15, 0.2) is 24.3 Å². The fraction of sp³-hybridized carbons (Fsp3) is 0.529. The number of carbonyl (C=O) groups is 2. The molecule has 2 amide bonds. The van der Waals surface area contributed by atoms with E-state index in [4.69, 9.17) is 4.74 Å². The second-order valence-electron chi connectivity index (χ2n) is 5.51. The van der Waals surface area contributed by atoms with E-state index in [1.807, 2.05) is 24.3 Å². The number of anilines is 1. The first-order valence-electron chi connectivity index (χ1n) is 7.59. The first-order valence-corrected chi connectivity index (χ1v) is 7.59. The van der Waals surface area contributed by atoms with E-state index in [9.17, 15) is 9.59 Å². The zero-order valence-corrected chi connectivity index (χ0v) is 13.9. The van der Waals surface area contributed by atoms with Crippen LogP contribution in [0.2, 0.25) is 0 Å². The molecule has 22 heavy (non-hydrogen) atoms. The number of nitrogens with one attached hydrogen (secondary N) is 1. The quantitative estimate of drug-likeness (QED) is 0.750. The minimum atomic E-state index is -0.0814. The summed E-state index contributed by atoms with van der Waals surface area (Å²) in [6, 6.07) is 7.91. The largest absolute Gasteiger partial charge is 0.383 e. The van der Waals surface area contributed by atoms with Gasteiger partial charge < -0.3 is 15.0 Å².